The number of carboxylic acid groups (broad SMARTS) is 1. The first-order valence-corrected chi connectivity index (χ1v) is 6.98. The molecule has 1 saturated heterocycles. The van der Waals surface area contributed by atoms with E-state index in [1.807, 2.05) is 0 Å². The van der Waals surface area contributed by atoms with Gasteiger partial charge in [-0.05, 0) is 24.6 Å². The van der Waals surface area contributed by atoms with E-state index < -0.39 is 30.0 Å². The second-order valence-corrected chi connectivity index (χ2v) is 5.04. The summed E-state index contributed by atoms with van der Waals surface area (Å²) in [4.78, 5) is 36.4. The van der Waals surface area contributed by atoms with Crippen LogP contribution in [-0.4, -0.2) is 48.7 Å². The number of imide groups is 1. The zero-order valence-electron chi connectivity index (χ0n) is 13.1. The molecule has 2 N–H and O–H groups in total. The number of carboxylic acids is 1. The number of methoxy groups -OCH3 is 2. The van der Waals surface area contributed by atoms with Gasteiger partial charge < -0.3 is 19.9 Å². The van der Waals surface area contributed by atoms with Crippen LogP contribution in [-0.2, 0) is 15.1 Å². The van der Waals surface area contributed by atoms with Crippen molar-refractivity contribution in [3.8, 4) is 11.5 Å². The first kappa shape index (κ1) is 16.6. The van der Waals surface area contributed by atoms with Crippen LogP contribution in [0.5, 0.6) is 11.5 Å². The van der Waals surface area contributed by atoms with Crippen LogP contribution in [0.25, 0.3) is 0 Å². The smallest absolute Gasteiger partial charge is 0.325 e. The largest absolute Gasteiger partial charge is 0.497 e. The number of urea groups is 1. The molecule has 0 radical (unpaired) electrons. The molecule has 0 spiro atoms. The van der Waals surface area contributed by atoms with Crippen LogP contribution in [0.1, 0.15) is 18.9 Å². The fourth-order valence-corrected chi connectivity index (χ4v) is 2.67. The first-order chi connectivity index (χ1) is 10.9. The Bertz CT molecular complexity index is 659. The van der Waals surface area contributed by atoms with Crippen molar-refractivity contribution in [3.05, 3.63) is 23.8 Å². The maximum Gasteiger partial charge on any atom is 0.325 e. The lowest BCUT2D eigenvalue weighted by atomic mass is 9.86. The molecule has 3 amide bonds. The summed E-state index contributed by atoms with van der Waals surface area (Å²) < 4.78 is 10.5. The molecular formula is C15H18N2O6. The molecule has 0 aromatic heterocycles. The van der Waals surface area contributed by atoms with Crippen LogP contribution in [0, 0.1) is 0 Å². The van der Waals surface area contributed by atoms with Crippen LogP contribution in [0.2, 0.25) is 0 Å². The predicted molar refractivity (Wildman–Crippen MR) is 79.4 cm³/mol. The molecule has 1 aromatic rings. The number of hydrogen-bond acceptors (Lipinski definition) is 5. The summed E-state index contributed by atoms with van der Waals surface area (Å²) >= 11 is 0. The fourth-order valence-electron chi connectivity index (χ4n) is 2.67. The van der Waals surface area contributed by atoms with Gasteiger partial charge in [-0.25, -0.2) is 4.79 Å². The fraction of sp³-hybridized carbons (Fsp3) is 0.400. The lowest BCUT2D eigenvalue weighted by Gasteiger charge is -2.27. The highest BCUT2D eigenvalue weighted by Crippen LogP contribution is 2.39. The summed E-state index contributed by atoms with van der Waals surface area (Å²) in [7, 11) is 2.93. The Balaban J connectivity index is 2.56. The topological polar surface area (TPSA) is 105 Å². The number of rotatable bonds is 6. The van der Waals surface area contributed by atoms with Crippen LogP contribution in [0.4, 0.5) is 4.79 Å². The number of aliphatic carboxylic acids is 1. The molecule has 1 unspecified atom stereocenters. The van der Waals surface area contributed by atoms with Crippen molar-refractivity contribution in [3.63, 3.8) is 0 Å². The number of nitrogens with zero attached hydrogens (tertiary/aromatic N) is 1. The van der Waals surface area contributed by atoms with E-state index in [1.54, 1.807) is 25.1 Å². The quantitative estimate of drug-likeness (QED) is 0.755. The molecule has 0 aliphatic carbocycles. The van der Waals surface area contributed by atoms with Gasteiger partial charge in [-0.2, -0.15) is 0 Å². The predicted octanol–water partition coefficient (Wildman–Crippen LogP) is 0.945. The second-order valence-electron chi connectivity index (χ2n) is 5.04. The molecule has 0 bridgehead atoms. The van der Waals surface area contributed by atoms with Crippen molar-refractivity contribution in [2.75, 3.05) is 20.8 Å². The summed E-state index contributed by atoms with van der Waals surface area (Å²) in [6.07, 6.45) is 0.233. The third kappa shape index (κ3) is 2.67. The molecule has 1 atom stereocenters. The number of carbonyl (C=O) groups is 3. The van der Waals surface area contributed by atoms with Gasteiger partial charge in [-0.1, -0.05) is 6.92 Å². The molecule has 124 valence electrons. The number of benzene rings is 1. The normalized spacial score (nSPS) is 20.4. The van der Waals surface area contributed by atoms with E-state index in [-0.39, 0.29) is 6.42 Å². The molecule has 1 heterocycles. The maximum atomic E-state index is 12.8. The van der Waals surface area contributed by atoms with Crippen molar-refractivity contribution in [1.82, 2.24) is 10.2 Å². The van der Waals surface area contributed by atoms with Gasteiger partial charge in [0.2, 0.25) is 0 Å². The molecule has 8 heteroatoms. The van der Waals surface area contributed by atoms with Crippen LogP contribution < -0.4 is 14.8 Å². The minimum atomic E-state index is -1.38. The Labute approximate surface area is 133 Å². The Hall–Kier alpha value is -2.77. The Morgan fingerprint density at radius 2 is 2.00 bits per heavy atom. The molecule has 23 heavy (non-hydrogen) atoms. The average molecular weight is 322 g/mol. The number of nitrogens with one attached hydrogen (secondary N) is 1. The van der Waals surface area contributed by atoms with Gasteiger partial charge in [0, 0.05) is 5.56 Å². The van der Waals surface area contributed by atoms with Crippen LogP contribution >= 0.6 is 0 Å². The summed E-state index contributed by atoms with van der Waals surface area (Å²) in [5.74, 6) is -0.997. The summed E-state index contributed by atoms with van der Waals surface area (Å²) in [5, 5.41) is 11.5. The van der Waals surface area contributed by atoms with Gasteiger partial charge in [0.25, 0.3) is 5.91 Å². The van der Waals surface area contributed by atoms with Gasteiger partial charge in [-0.3, -0.25) is 14.5 Å². The summed E-state index contributed by atoms with van der Waals surface area (Å²) in [5.41, 5.74) is -0.958. The summed E-state index contributed by atoms with van der Waals surface area (Å²) in [6, 6.07) is 4.15. The summed E-state index contributed by atoms with van der Waals surface area (Å²) in [6.45, 7) is 1.03. The third-order valence-electron chi connectivity index (χ3n) is 3.87. The van der Waals surface area contributed by atoms with Crippen molar-refractivity contribution in [1.29, 1.82) is 0 Å². The van der Waals surface area contributed by atoms with E-state index in [9.17, 15) is 14.4 Å². The molecule has 1 aliphatic heterocycles. The molecule has 1 fully saturated rings. The third-order valence-corrected chi connectivity index (χ3v) is 3.87. The van der Waals surface area contributed by atoms with E-state index in [0.29, 0.717) is 22.0 Å². The monoisotopic (exact) mass is 322 g/mol. The SMILES string of the molecule is CCC1(c2cc(OC)ccc2OC)NC(=O)N(CC(=O)O)C1=O. The molecule has 1 aromatic carbocycles. The van der Waals surface area contributed by atoms with Crippen molar-refractivity contribution < 1.29 is 29.0 Å². The average Bonchev–Trinajstić information content (AvgIpc) is 2.78. The van der Waals surface area contributed by atoms with Crippen LogP contribution in [0.15, 0.2) is 18.2 Å². The highest BCUT2D eigenvalue weighted by atomic mass is 16.5. The number of ether oxygens (including phenoxy) is 2. The standard InChI is InChI=1S/C15H18N2O6/c1-4-15(10-7-9(22-2)5-6-11(10)23-3)13(20)17(8-12(18)19)14(21)16-15/h5-7H,4,8H2,1-3H3,(H,16,21)(H,18,19). The maximum absolute atomic E-state index is 12.8. The second kappa shape index (κ2) is 6.15. The lowest BCUT2D eigenvalue weighted by Crippen LogP contribution is -2.44. The minimum Gasteiger partial charge on any atom is -0.497 e. The minimum absolute atomic E-state index is 0.233. The van der Waals surface area contributed by atoms with Crippen molar-refractivity contribution in [2.24, 2.45) is 0 Å². The first-order valence-electron chi connectivity index (χ1n) is 6.98. The number of hydrogen-bond donors (Lipinski definition) is 2. The van der Waals surface area contributed by atoms with Crippen molar-refractivity contribution in [2.45, 2.75) is 18.9 Å². The Kier molecular flexibility index (Phi) is 4.44. The highest BCUT2D eigenvalue weighted by molar-refractivity contribution is 6.09. The zero-order valence-corrected chi connectivity index (χ0v) is 13.1. The van der Waals surface area contributed by atoms with E-state index in [0.717, 1.165) is 0 Å². The number of carbonyl (C=O) groups excluding carboxylic acids is 2. The lowest BCUT2D eigenvalue weighted by molar-refractivity contribution is -0.143. The highest BCUT2D eigenvalue weighted by Gasteiger charge is 2.53. The zero-order chi connectivity index (χ0) is 17.2. The van der Waals surface area contributed by atoms with E-state index in [1.165, 1.54) is 14.2 Å². The van der Waals surface area contributed by atoms with Gasteiger partial charge >= 0.3 is 12.0 Å². The van der Waals surface area contributed by atoms with E-state index in [4.69, 9.17) is 14.6 Å². The van der Waals surface area contributed by atoms with E-state index in [2.05, 4.69) is 5.32 Å². The molecule has 2 rings (SSSR count). The molecular weight excluding hydrogens is 304 g/mol. The molecule has 8 nitrogen and oxygen atoms in total. The van der Waals surface area contributed by atoms with E-state index >= 15 is 0 Å². The van der Waals surface area contributed by atoms with Gasteiger partial charge in [0.05, 0.1) is 14.2 Å². The Morgan fingerprint density at radius 3 is 2.52 bits per heavy atom. The van der Waals surface area contributed by atoms with Gasteiger partial charge in [-0.15, -0.1) is 0 Å². The van der Waals surface area contributed by atoms with Gasteiger partial charge in [0.15, 0.2) is 0 Å². The van der Waals surface area contributed by atoms with Crippen LogP contribution in [0.3, 0.4) is 0 Å². The number of amides is 3. The van der Waals surface area contributed by atoms with Gasteiger partial charge in [0.1, 0.15) is 23.6 Å². The molecule has 1 aliphatic rings. The van der Waals surface area contributed by atoms with Crippen molar-refractivity contribution >= 4 is 17.9 Å². The molecule has 0 saturated carbocycles. The Morgan fingerprint density at radius 1 is 1.30 bits per heavy atom.